The van der Waals surface area contributed by atoms with E-state index in [4.69, 9.17) is 5.11 Å². The summed E-state index contributed by atoms with van der Waals surface area (Å²) in [6, 6.07) is 0. The van der Waals surface area contributed by atoms with Gasteiger partial charge in [0.15, 0.2) is 0 Å². The van der Waals surface area contributed by atoms with Gasteiger partial charge in [0.05, 0.1) is 0 Å². The zero-order valence-corrected chi connectivity index (χ0v) is 13.9. The molecule has 0 aliphatic carbocycles. The summed E-state index contributed by atoms with van der Waals surface area (Å²) in [7, 11) is 0. The number of aliphatic hydroxyl groups excluding tert-OH is 1. The molecule has 0 heterocycles. The van der Waals surface area contributed by atoms with Crippen molar-refractivity contribution in [2.24, 2.45) is 0 Å². The summed E-state index contributed by atoms with van der Waals surface area (Å²) < 4.78 is 0. The molecule has 0 aromatic rings. The average molecular weight is 249 g/mol. The first-order valence-corrected chi connectivity index (χ1v) is 7.13. The van der Waals surface area contributed by atoms with Gasteiger partial charge < -0.3 is 5.11 Å². The van der Waals surface area contributed by atoms with Gasteiger partial charge in [-0.25, -0.2) is 0 Å². The van der Waals surface area contributed by atoms with Crippen LogP contribution in [0.4, 0.5) is 0 Å². The molecule has 0 saturated heterocycles. The molecule has 0 aliphatic rings. The van der Waals surface area contributed by atoms with Crippen molar-refractivity contribution in [1.29, 1.82) is 0 Å². The Morgan fingerprint density at radius 1 is 0.647 bits per heavy atom. The van der Waals surface area contributed by atoms with Gasteiger partial charge in [0, 0.05) is 36.2 Å². The minimum Gasteiger partial charge on any atom is -0.396 e. The molecular formula is C15H30NaO. The van der Waals surface area contributed by atoms with Gasteiger partial charge in [-0.3, -0.25) is 0 Å². The first-order valence-electron chi connectivity index (χ1n) is 7.13. The predicted octanol–water partition coefficient (Wildman–Crippen LogP) is 4.47. The van der Waals surface area contributed by atoms with E-state index in [-0.39, 0.29) is 29.6 Å². The minimum absolute atomic E-state index is 0. The predicted molar refractivity (Wildman–Crippen MR) is 78.4 cm³/mol. The summed E-state index contributed by atoms with van der Waals surface area (Å²) in [4.78, 5) is 0. The van der Waals surface area contributed by atoms with E-state index in [2.05, 4.69) is 6.58 Å². The van der Waals surface area contributed by atoms with Gasteiger partial charge in [0.2, 0.25) is 0 Å². The molecule has 1 nitrogen and oxygen atoms in total. The van der Waals surface area contributed by atoms with E-state index in [1.165, 1.54) is 70.6 Å². The molecule has 0 saturated carbocycles. The number of unbranched alkanes of at least 4 members (excludes halogenated alkanes) is 11. The number of hydrogen-bond acceptors (Lipinski definition) is 1. The normalized spacial score (nSPS) is 9.94. The quantitative estimate of drug-likeness (QED) is 0.290. The number of rotatable bonds is 13. The largest absolute Gasteiger partial charge is 0.396 e. The third-order valence-corrected chi connectivity index (χ3v) is 3.07. The molecule has 0 spiro atoms. The molecule has 0 atom stereocenters. The summed E-state index contributed by atoms with van der Waals surface area (Å²) in [5, 5.41) is 8.62. The SMILES string of the molecule is C=CCCCCCCCCCCCCCO.[Na]. The summed E-state index contributed by atoms with van der Waals surface area (Å²) >= 11 is 0. The molecule has 0 aromatic heterocycles. The maximum absolute atomic E-state index is 8.62. The Morgan fingerprint density at radius 3 is 1.35 bits per heavy atom. The third-order valence-electron chi connectivity index (χ3n) is 3.07. The first kappa shape index (κ1) is 20.0. The summed E-state index contributed by atoms with van der Waals surface area (Å²) in [5.74, 6) is 0. The van der Waals surface area contributed by atoms with Crippen molar-refractivity contribution >= 4 is 29.6 Å². The van der Waals surface area contributed by atoms with Gasteiger partial charge in [-0.05, 0) is 19.3 Å². The molecule has 1 N–H and O–H groups in total. The average Bonchev–Trinajstić information content (AvgIpc) is 2.31. The second-order valence-corrected chi connectivity index (χ2v) is 4.69. The van der Waals surface area contributed by atoms with Crippen molar-refractivity contribution in [3.05, 3.63) is 12.7 Å². The van der Waals surface area contributed by atoms with Crippen LogP contribution >= 0.6 is 0 Å². The van der Waals surface area contributed by atoms with Crippen molar-refractivity contribution in [1.82, 2.24) is 0 Å². The molecule has 0 aromatic carbocycles. The van der Waals surface area contributed by atoms with Crippen LogP contribution in [-0.2, 0) is 0 Å². The number of hydrogen-bond donors (Lipinski definition) is 1. The van der Waals surface area contributed by atoms with Gasteiger partial charge >= 0.3 is 0 Å². The Labute approximate surface area is 130 Å². The fourth-order valence-corrected chi connectivity index (χ4v) is 1.99. The topological polar surface area (TPSA) is 20.2 Å². The molecule has 0 unspecified atom stereocenters. The van der Waals surface area contributed by atoms with Gasteiger partial charge in [0.25, 0.3) is 0 Å². The van der Waals surface area contributed by atoms with Gasteiger partial charge in [0.1, 0.15) is 0 Å². The summed E-state index contributed by atoms with van der Waals surface area (Å²) in [6.45, 7) is 4.10. The summed E-state index contributed by atoms with van der Waals surface area (Å²) in [5.41, 5.74) is 0. The van der Waals surface area contributed by atoms with Crippen molar-refractivity contribution in [3.8, 4) is 0 Å². The van der Waals surface area contributed by atoms with Crippen molar-refractivity contribution in [3.63, 3.8) is 0 Å². The van der Waals surface area contributed by atoms with E-state index in [0.29, 0.717) is 6.61 Å². The monoisotopic (exact) mass is 249 g/mol. The molecule has 0 rings (SSSR count). The Kier molecular flexibility index (Phi) is 22.4. The van der Waals surface area contributed by atoms with E-state index in [1.807, 2.05) is 6.08 Å². The molecule has 2 heteroatoms. The summed E-state index contributed by atoms with van der Waals surface area (Å²) in [6.07, 6.45) is 17.8. The van der Waals surface area contributed by atoms with E-state index in [0.717, 1.165) is 6.42 Å². The molecule has 0 amide bonds. The van der Waals surface area contributed by atoms with Crippen LogP contribution in [0.3, 0.4) is 0 Å². The molecular weight excluding hydrogens is 219 g/mol. The number of allylic oxidation sites excluding steroid dienone is 1. The van der Waals surface area contributed by atoms with E-state index >= 15 is 0 Å². The maximum atomic E-state index is 8.62. The van der Waals surface area contributed by atoms with Crippen LogP contribution in [-0.4, -0.2) is 41.3 Å². The number of aliphatic hydroxyl groups is 1. The second-order valence-electron chi connectivity index (χ2n) is 4.69. The third kappa shape index (κ3) is 19.2. The van der Waals surface area contributed by atoms with Crippen molar-refractivity contribution < 1.29 is 5.11 Å². The van der Waals surface area contributed by atoms with Crippen LogP contribution in [0.5, 0.6) is 0 Å². The molecule has 97 valence electrons. The fraction of sp³-hybridized carbons (Fsp3) is 0.867. The fourth-order valence-electron chi connectivity index (χ4n) is 1.99. The molecule has 0 fully saturated rings. The zero-order valence-electron chi connectivity index (χ0n) is 11.9. The molecule has 17 heavy (non-hydrogen) atoms. The molecule has 0 bridgehead atoms. The second kappa shape index (κ2) is 19.0. The smallest absolute Gasteiger partial charge is 0.0431 e. The Hall–Kier alpha value is 0.700. The molecule has 0 aliphatic heterocycles. The van der Waals surface area contributed by atoms with Gasteiger partial charge in [-0.1, -0.05) is 63.9 Å². The van der Waals surface area contributed by atoms with E-state index in [9.17, 15) is 0 Å². The van der Waals surface area contributed by atoms with Crippen LogP contribution < -0.4 is 0 Å². The van der Waals surface area contributed by atoms with E-state index in [1.54, 1.807) is 0 Å². The van der Waals surface area contributed by atoms with Gasteiger partial charge in [-0.15, -0.1) is 6.58 Å². The Morgan fingerprint density at radius 2 is 1.00 bits per heavy atom. The van der Waals surface area contributed by atoms with Crippen LogP contribution in [0.1, 0.15) is 77.0 Å². The van der Waals surface area contributed by atoms with Crippen LogP contribution in [0.25, 0.3) is 0 Å². The van der Waals surface area contributed by atoms with Crippen LogP contribution in [0.2, 0.25) is 0 Å². The van der Waals surface area contributed by atoms with Gasteiger partial charge in [-0.2, -0.15) is 0 Å². The maximum Gasteiger partial charge on any atom is 0.0431 e. The standard InChI is InChI=1S/C15H30O.Na/c1-2-3-4-5-6-7-8-9-10-11-12-13-14-15-16;/h2,16H,1,3-15H2;. The van der Waals surface area contributed by atoms with Crippen molar-refractivity contribution in [2.45, 2.75) is 77.0 Å². The zero-order chi connectivity index (χ0) is 11.9. The van der Waals surface area contributed by atoms with Crippen LogP contribution in [0.15, 0.2) is 12.7 Å². The van der Waals surface area contributed by atoms with E-state index < -0.39 is 0 Å². The first-order chi connectivity index (χ1) is 7.91. The van der Waals surface area contributed by atoms with Crippen molar-refractivity contribution in [2.75, 3.05) is 6.61 Å². The Balaban J connectivity index is 0. The Bertz CT molecular complexity index is 137. The minimum atomic E-state index is 0. The molecule has 1 radical (unpaired) electrons. The van der Waals surface area contributed by atoms with Crippen LogP contribution in [0, 0.1) is 0 Å².